The Morgan fingerprint density at radius 2 is 1.85 bits per heavy atom. The van der Waals surface area contributed by atoms with E-state index in [1.807, 2.05) is 12.1 Å². The number of aromatic nitrogens is 1. The highest BCUT2D eigenvalue weighted by atomic mass is 16.2. The van der Waals surface area contributed by atoms with Crippen molar-refractivity contribution in [2.24, 2.45) is 11.5 Å². The number of aryl methyl sites for hydroxylation is 1. The number of aliphatic hydroxyl groups excluding tert-OH is 1. The van der Waals surface area contributed by atoms with Crippen molar-refractivity contribution in [3.63, 3.8) is 0 Å². The SMILES string of the molecule is NC(CC(N)c1c2n(c3ccccc13)CCCC2)c1cccc(CCO)c1. The Morgan fingerprint density at radius 1 is 1.00 bits per heavy atom. The number of nitrogens with two attached hydrogens (primary N) is 2. The van der Waals surface area contributed by atoms with Gasteiger partial charge in [0.2, 0.25) is 0 Å². The zero-order chi connectivity index (χ0) is 18.8. The highest BCUT2D eigenvalue weighted by Crippen LogP contribution is 2.36. The maximum atomic E-state index is 9.18. The summed E-state index contributed by atoms with van der Waals surface area (Å²) in [5.41, 5.74) is 19.5. The molecule has 2 unspecified atom stereocenters. The van der Waals surface area contributed by atoms with Gasteiger partial charge >= 0.3 is 0 Å². The first kappa shape index (κ1) is 18.2. The molecular weight excluding hydrogens is 334 g/mol. The third kappa shape index (κ3) is 3.53. The molecule has 1 aromatic heterocycles. The van der Waals surface area contributed by atoms with Crippen LogP contribution in [0.4, 0.5) is 0 Å². The number of nitrogens with zero attached hydrogens (tertiary/aromatic N) is 1. The molecule has 3 aromatic rings. The van der Waals surface area contributed by atoms with Crippen LogP contribution in [0, 0.1) is 0 Å². The van der Waals surface area contributed by atoms with E-state index < -0.39 is 0 Å². The fourth-order valence-corrected chi connectivity index (χ4v) is 4.52. The molecule has 0 aliphatic carbocycles. The second kappa shape index (κ2) is 7.85. The molecule has 27 heavy (non-hydrogen) atoms. The van der Waals surface area contributed by atoms with Gasteiger partial charge in [-0.2, -0.15) is 0 Å². The summed E-state index contributed by atoms with van der Waals surface area (Å²) in [5, 5.41) is 10.5. The second-order valence-corrected chi connectivity index (χ2v) is 7.65. The topological polar surface area (TPSA) is 77.2 Å². The molecule has 0 fully saturated rings. The van der Waals surface area contributed by atoms with Gasteiger partial charge < -0.3 is 21.1 Å². The van der Waals surface area contributed by atoms with Gasteiger partial charge in [-0.15, -0.1) is 0 Å². The van der Waals surface area contributed by atoms with Crippen LogP contribution in [0.1, 0.15) is 53.7 Å². The fraction of sp³-hybridized carbons (Fsp3) is 0.391. The molecule has 4 heteroatoms. The van der Waals surface area contributed by atoms with E-state index in [0.29, 0.717) is 12.8 Å². The van der Waals surface area contributed by atoms with Gasteiger partial charge in [-0.3, -0.25) is 0 Å². The highest BCUT2D eigenvalue weighted by molar-refractivity contribution is 5.86. The zero-order valence-electron chi connectivity index (χ0n) is 15.8. The van der Waals surface area contributed by atoms with Gasteiger partial charge in [0.1, 0.15) is 0 Å². The van der Waals surface area contributed by atoms with Gasteiger partial charge in [-0.05, 0) is 54.9 Å². The molecule has 2 aromatic carbocycles. The predicted molar refractivity (Wildman–Crippen MR) is 111 cm³/mol. The van der Waals surface area contributed by atoms with E-state index in [4.69, 9.17) is 11.5 Å². The van der Waals surface area contributed by atoms with E-state index in [9.17, 15) is 5.11 Å². The molecule has 4 nitrogen and oxygen atoms in total. The molecule has 0 saturated carbocycles. The van der Waals surface area contributed by atoms with Crippen LogP contribution in [0.25, 0.3) is 10.9 Å². The molecule has 142 valence electrons. The standard InChI is InChI=1S/C23H29N3O/c24-19(17-7-5-6-16(14-17)11-13-27)15-20(25)23-18-8-1-2-9-21(18)26-12-4-3-10-22(23)26/h1-2,5-9,14,19-20,27H,3-4,10-13,15,24-25H2. The smallest absolute Gasteiger partial charge is 0.0485 e. The summed E-state index contributed by atoms with van der Waals surface area (Å²) in [6, 6.07) is 16.6. The molecule has 0 radical (unpaired) electrons. The van der Waals surface area contributed by atoms with Crippen molar-refractivity contribution >= 4 is 10.9 Å². The summed E-state index contributed by atoms with van der Waals surface area (Å²) < 4.78 is 2.46. The quantitative estimate of drug-likeness (QED) is 0.626. The van der Waals surface area contributed by atoms with Gasteiger partial charge in [-0.1, -0.05) is 42.5 Å². The molecule has 1 aliphatic heterocycles. The summed E-state index contributed by atoms with van der Waals surface area (Å²) in [7, 11) is 0. The summed E-state index contributed by atoms with van der Waals surface area (Å²) >= 11 is 0. The average Bonchev–Trinajstić information content (AvgIpc) is 3.03. The zero-order valence-corrected chi connectivity index (χ0v) is 15.8. The number of hydrogen-bond acceptors (Lipinski definition) is 3. The third-order valence-corrected chi connectivity index (χ3v) is 5.83. The Balaban J connectivity index is 1.63. The highest BCUT2D eigenvalue weighted by Gasteiger charge is 2.24. The van der Waals surface area contributed by atoms with Crippen LogP contribution in [-0.4, -0.2) is 16.3 Å². The largest absolute Gasteiger partial charge is 0.396 e. The maximum Gasteiger partial charge on any atom is 0.0485 e. The van der Waals surface area contributed by atoms with Crippen LogP contribution in [0.5, 0.6) is 0 Å². The molecule has 2 heterocycles. The Labute approximate surface area is 160 Å². The fourth-order valence-electron chi connectivity index (χ4n) is 4.52. The van der Waals surface area contributed by atoms with Crippen molar-refractivity contribution in [1.29, 1.82) is 0 Å². The lowest BCUT2D eigenvalue weighted by atomic mass is 9.92. The predicted octanol–water partition coefficient (Wildman–Crippen LogP) is 3.60. The number of aliphatic hydroxyl groups is 1. The van der Waals surface area contributed by atoms with Crippen molar-refractivity contribution in [2.75, 3.05) is 6.61 Å². The molecule has 4 rings (SSSR count). The Kier molecular flexibility index (Phi) is 5.30. The van der Waals surface area contributed by atoms with Gasteiger partial charge in [0.25, 0.3) is 0 Å². The number of benzene rings is 2. The van der Waals surface area contributed by atoms with E-state index in [2.05, 4.69) is 41.0 Å². The molecule has 5 N–H and O–H groups in total. The normalized spacial score (nSPS) is 16.3. The van der Waals surface area contributed by atoms with Crippen LogP contribution >= 0.6 is 0 Å². The Hall–Kier alpha value is -2.14. The van der Waals surface area contributed by atoms with E-state index >= 15 is 0 Å². The molecule has 1 aliphatic rings. The van der Waals surface area contributed by atoms with Crippen molar-refractivity contribution < 1.29 is 5.11 Å². The molecule has 2 atom stereocenters. The van der Waals surface area contributed by atoms with E-state index in [0.717, 1.165) is 24.1 Å². The molecule has 0 bridgehead atoms. The summed E-state index contributed by atoms with van der Waals surface area (Å²) in [6.07, 6.45) is 4.93. The number of para-hydroxylation sites is 1. The van der Waals surface area contributed by atoms with E-state index in [1.165, 1.54) is 35.0 Å². The maximum absolute atomic E-state index is 9.18. The van der Waals surface area contributed by atoms with Crippen LogP contribution in [0.15, 0.2) is 48.5 Å². The van der Waals surface area contributed by atoms with Gasteiger partial charge in [0.15, 0.2) is 0 Å². The second-order valence-electron chi connectivity index (χ2n) is 7.65. The van der Waals surface area contributed by atoms with Crippen LogP contribution in [-0.2, 0) is 19.4 Å². The minimum absolute atomic E-state index is 0.0826. The Bertz CT molecular complexity index is 931. The first-order valence-electron chi connectivity index (χ1n) is 10.00. The minimum Gasteiger partial charge on any atom is -0.396 e. The van der Waals surface area contributed by atoms with Crippen molar-refractivity contribution in [2.45, 2.75) is 50.7 Å². The lowest BCUT2D eigenvalue weighted by Crippen LogP contribution is -2.22. The molecule has 0 spiro atoms. The summed E-state index contributed by atoms with van der Waals surface area (Å²) in [5.74, 6) is 0. The van der Waals surface area contributed by atoms with Gasteiger partial charge in [0, 0.05) is 41.8 Å². The first-order valence-corrected chi connectivity index (χ1v) is 10.00. The van der Waals surface area contributed by atoms with Gasteiger partial charge in [0.05, 0.1) is 0 Å². The molecule has 0 amide bonds. The number of fused-ring (bicyclic) bond motifs is 3. The van der Waals surface area contributed by atoms with E-state index in [1.54, 1.807) is 0 Å². The average molecular weight is 364 g/mol. The van der Waals surface area contributed by atoms with Crippen LogP contribution < -0.4 is 11.5 Å². The first-order chi connectivity index (χ1) is 13.2. The lowest BCUT2D eigenvalue weighted by molar-refractivity contribution is 0.299. The van der Waals surface area contributed by atoms with Crippen molar-refractivity contribution in [1.82, 2.24) is 4.57 Å². The summed E-state index contributed by atoms with van der Waals surface area (Å²) in [4.78, 5) is 0. The van der Waals surface area contributed by atoms with Crippen LogP contribution in [0.3, 0.4) is 0 Å². The molecule has 0 saturated heterocycles. The van der Waals surface area contributed by atoms with Gasteiger partial charge in [-0.25, -0.2) is 0 Å². The van der Waals surface area contributed by atoms with Crippen molar-refractivity contribution in [3.05, 3.63) is 70.9 Å². The third-order valence-electron chi connectivity index (χ3n) is 5.83. The monoisotopic (exact) mass is 363 g/mol. The van der Waals surface area contributed by atoms with Crippen molar-refractivity contribution in [3.8, 4) is 0 Å². The Morgan fingerprint density at radius 3 is 2.70 bits per heavy atom. The number of rotatable bonds is 6. The van der Waals surface area contributed by atoms with E-state index in [-0.39, 0.29) is 18.7 Å². The number of hydrogen-bond donors (Lipinski definition) is 3. The summed E-state index contributed by atoms with van der Waals surface area (Å²) in [6.45, 7) is 1.24. The lowest BCUT2D eigenvalue weighted by Gasteiger charge is -2.22. The van der Waals surface area contributed by atoms with Crippen LogP contribution in [0.2, 0.25) is 0 Å². The molecular formula is C23H29N3O. The minimum atomic E-state index is -0.114.